The second-order valence-electron chi connectivity index (χ2n) is 3.46. The fourth-order valence-electron chi connectivity index (χ4n) is 1.27. The van der Waals surface area contributed by atoms with Crippen molar-refractivity contribution in [1.82, 2.24) is 15.1 Å². The van der Waals surface area contributed by atoms with Crippen molar-refractivity contribution in [3.05, 3.63) is 28.7 Å². The standard InChI is InChI=1S/C10H17N3O/c1-3-11-7-9(2)8-13-10(14)5-4-6-12-13/h4-6,9,11H,3,7-8H2,1-2H3. The molecule has 1 rings (SSSR count). The van der Waals surface area contributed by atoms with E-state index in [-0.39, 0.29) is 5.56 Å². The molecule has 0 aliphatic carbocycles. The summed E-state index contributed by atoms with van der Waals surface area (Å²) in [4.78, 5) is 11.3. The zero-order chi connectivity index (χ0) is 10.4. The molecule has 0 amide bonds. The second kappa shape index (κ2) is 5.54. The van der Waals surface area contributed by atoms with E-state index >= 15 is 0 Å². The zero-order valence-corrected chi connectivity index (χ0v) is 8.73. The van der Waals surface area contributed by atoms with Crippen LogP contribution in [-0.2, 0) is 6.54 Å². The highest BCUT2D eigenvalue weighted by atomic mass is 16.1. The first-order chi connectivity index (χ1) is 6.74. The third-order valence-corrected chi connectivity index (χ3v) is 2.01. The van der Waals surface area contributed by atoms with Crippen LogP contribution in [0.1, 0.15) is 13.8 Å². The quantitative estimate of drug-likeness (QED) is 0.743. The Morgan fingerprint density at radius 3 is 3.07 bits per heavy atom. The SMILES string of the molecule is CCNCC(C)Cn1ncccc1=O. The fourth-order valence-corrected chi connectivity index (χ4v) is 1.27. The molecule has 14 heavy (non-hydrogen) atoms. The summed E-state index contributed by atoms with van der Waals surface area (Å²) in [6.45, 7) is 6.72. The van der Waals surface area contributed by atoms with Crippen molar-refractivity contribution in [1.29, 1.82) is 0 Å². The van der Waals surface area contributed by atoms with Gasteiger partial charge in [-0.25, -0.2) is 4.68 Å². The van der Waals surface area contributed by atoms with Crippen LogP contribution in [0.25, 0.3) is 0 Å². The van der Waals surface area contributed by atoms with Gasteiger partial charge in [-0.1, -0.05) is 13.8 Å². The van der Waals surface area contributed by atoms with Crippen molar-refractivity contribution in [2.45, 2.75) is 20.4 Å². The van der Waals surface area contributed by atoms with E-state index in [0.717, 1.165) is 13.1 Å². The van der Waals surface area contributed by atoms with Crippen molar-refractivity contribution in [2.24, 2.45) is 5.92 Å². The third kappa shape index (κ3) is 3.30. The lowest BCUT2D eigenvalue weighted by molar-refractivity contribution is 0.414. The maximum atomic E-state index is 11.3. The van der Waals surface area contributed by atoms with E-state index in [1.54, 1.807) is 12.3 Å². The minimum atomic E-state index is -0.0316. The summed E-state index contributed by atoms with van der Waals surface area (Å²) in [5.74, 6) is 0.419. The van der Waals surface area contributed by atoms with Gasteiger partial charge in [-0.2, -0.15) is 5.10 Å². The zero-order valence-electron chi connectivity index (χ0n) is 8.73. The first kappa shape index (κ1) is 10.9. The van der Waals surface area contributed by atoms with Crippen molar-refractivity contribution in [3.63, 3.8) is 0 Å². The minimum Gasteiger partial charge on any atom is -0.317 e. The summed E-state index contributed by atoms with van der Waals surface area (Å²) in [6, 6.07) is 3.20. The molecule has 0 aromatic carbocycles. The molecule has 1 aromatic heterocycles. The van der Waals surface area contributed by atoms with Crippen molar-refractivity contribution in [3.8, 4) is 0 Å². The Labute approximate surface area is 84.0 Å². The van der Waals surface area contributed by atoms with Gasteiger partial charge in [0.1, 0.15) is 0 Å². The molecule has 78 valence electrons. The van der Waals surface area contributed by atoms with E-state index in [9.17, 15) is 4.79 Å². The number of nitrogens with zero attached hydrogens (tertiary/aromatic N) is 2. The average molecular weight is 195 g/mol. The number of hydrogen-bond donors (Lipinski definition) is 1. The van der Waals surface area contributed by atoms with Crippen molar-refractivity contribution in [2.75, 3.05) is 13.1 Å². The van der Waals surface area contributed by atoms with Crippen LogP contribution < -0.4 is 10.9 Å². The van der Waals surface area contributed by atoms with E-state index in [1.807, 2.05) is 0 Å². The van der Waals surface area contributed by atoms with Crippen LogP contribution in [0.2, 0.25) is 0 Å². The number of hydrogen-bond acceptors (Lipinski definition) is 3. The highest BCUT2D eigenvalue weighted by molar-refractivity contribution is 4.84. The lowest BCUT2D eigenvalue weighted by Gasteiger charge is -2.11. The molecule has 4 heteroatoms. The van der Waals surface area contributed by atoms with Gasteiger partial charge in [0.2, 0.25) is 0 Å². The molecule has 0 saturated heterocycles. The molecule has 1 aromatic rings. The Kier molecular flexibility index (Phi) is 4.32. The van der Waals surface area contributed by atoms with E-state index in [0.29, 0.717) is 12.5 Å². The average Bonchev–Trinajstić information content (AvgIpc) is 2.18. The molecule has 0 spiro atoms. The normalized spacial score (nSPS) is 12.7. The molecule has 1 heterocycles. The van der Waals surface area contributed by atoms with Gasteiger partial charge in [0, 0.05) is 18.8 Å². The van der Waals surface area contributed by atoms with Crippen LogP contribution >= 0.6 is 0 Å². The summed E-state index contributed by atoms with van der Waals surface area (Å²) < 4.78 is 1.50. The molecule has 0 fully saturated rings. The molecule has 0 saturated carbocycles. The van der Waals surface area contributed by atoms with Crippen LogP contribution in [0.3, 0.4) is 0 Å². The molecule has 0 aliphatic heterocycles. The second-order valence-corrected chi connectivity index (χ2v) is 3.46. The van der Waals surface area contributed by atoms with Crippen LogP contribution in [0.4, 0.5) is 0 Å². The molecule has 0 radical (unpaired) electrons. The Bertz CT molecular complexity index is 321. The summed E-state index contributed by atoms with van der Waals surface area (Å²) in [7, 11) is 0. The first-order valence-corrected chi connectivity index (χ1v) is 4.97. The largest absolute Gasteiger partial charge is 0.317 e. The summed E-state index contributed by atoms with van der Waals surface area (Å²) in [5.41, 5.74) is -0.0316. The summed E-state index contributed by atoms with van der Waals surface area (Å²) in [6.07, 6.45) is 1.64. The van der Waals surface area contributed by atoms with Crippen LogP contribution in [0.15, 0.2) is 23.1 Å². The van der Waals surface area contributed by atoms with Gasteiger partial charge in [-0.3, -0.25) is 4.79 Å². The smallest absolute Gasteiger partial charge is 0.266 e. The predicted molar refractivity (Wildman–Crippen MR) is 56.2 cm³/mol. The van der Waals surface area contributed by atoms with E-state index in [2.05, 4.69) is 24.3 Å². The van der Waals surface area contributed by atoms with Gasteiger partial charge in [-0.15, -0.1) is 0 Å². The molecule has 1 atom stereocenters. The lowest BCUT2D eigenvalue weighted by Crippen LogP contribution is -2.29. The molecule has 0 bridgehead atoms. The summed E-state index contributed by atoms with van der Waals surface area (Å²) >= 11 is 0. The van der Waals surface area contributed by atoms with E-state index in [4.69, 9.17) is 0 Å². The maximum Gasteiger partial charge on any atom is 0.266 e. The number of rotatable bonds is 5. The molecule has 0 aliphatic rings. The maximum absolute atomic E-state index is 11.3. The van der Waals surface area contributed by atoms with Crippen LogP contribution in [0, 0.1) is 5.92 Å². The highest BCUT2D eigenvalue weighted by Crippen LogP contribution is 1.94. The van der Waals surface area contributed by atoms with Crippen LogP contribution in [-0.4, -0.2) is 22.9 Å². The fraction of sp³-hybridized carbons (Fsp3) is 0.600. The van der Waals surface area contributed by atoms with Gasteiger partial charge in [-0.05, 0) is 25.1 Å². The van der Waals surface area contributed by atoms with Crippen LogP contribution in [0.5, 0.6) is 0 Å². The molecular weight excluding hydrogens is 178 g/mol. The van der Waals surface area contributed by atoms with E-state index in [1.165, 1.54) is 10.7 Å². The van der Waals surface area contributed by atoms with E-state index < -0.39 is 0 Å². The summed E-state index contributed by atoms with van der Waals surface area (Å²) in [5, 5.41) is 7.25. The first-order valence-electron chi connectivity index (χ1n) is 4.97. The number of nitrogens with one attached hydrogen (secondary N) is 1. The minimum absolute atomic E-state index is 0.0316. The Morgan fingerprint density at radius 2 is 2.43 bits per heavy atom. The lowest BCUT2D eigenvalue weighted by atomic mass is 10.2. The van der Waals surface area contributed by atoms with Gasteiger partial charge < -0.3 is 5.32 Å². The van der Waals surface area contributed by atoms with Gasteiger partial charge >= 0.3 is 0 Å². The Morgan fingerprint density at radius 1 is 1.64 bits per heavy atom. The molecular formula is C10H17N3O. The highest BCUT2D eigenvalue weighted by Gasteiger charge is 2.03. The monoisotopic (exact) mass is 195 g/mol. The van der Waals surface area contributed by atoms with Gasteiger partial charge in [0.25, 0.3) is 5.56 Å². The Balaban J connectivity index is 2.52. The molecule has 1 unspecified atom stereocenters. The molecule has 4 nitrogen and oxygen atoms in total. The number of aromatic nitrogens is 2. The van der Waals surface area contributed by atoms with Gasteiger partial charge in [0.05, 0.1) is 0 Å². The van der Waals surface area contributed by atoms with Crippen molar-refractivity contribution < 1.29 is 0 Å². The van der Waals surface area contributed by atoms with Crippen molar-refractivity contribution >= 4 is 0 Å². The molecule has 1 N–H and O–H groups in total. The predicted octanol–water partition coefficient (Wildman–Crippen LogP) is 0.489. The third-order valence-electron chi connectivity index (χ3n) is 2.01. The Hall–Kier alpha value is -1.16. The topological polar surface area (TPSA) is 46.9 Å². The van der Waals surface area contributed by atoms with Gasteiger partial charge in [0.15, 0.2) is 0 Å².